The summed E-state index contributed by atoms with van der Waals surface area (Å²) in [6.07, 6.45) is -4.42. The second-order valence-corrected chi connectivity index (χ2v) is 6.61. The number of nitrogens with zero attached hydrogens (tertiary/aromatic N) is 2. The summed E-state index contributed by atoms with van der Waals surface area (Å²) >= 11 is 0. The van der Waals surface area contributed by atoms with Crippen molar-refractivity contribution in [1.82, 2.24) is 9.97 Å². The maximum Gasteiger partial charge on any atom is 0.416 e. The summed E-state index contributed by atoms with van der Waals surface area (Å²) in [5.74, 6) is 0.770. The molecule has 0 spiro atoms. The third-order valence-corrected chi connectivity index (χ3v) is 4.36. The number of para-hydroxylation sites is 1. The molecule has 1 heterocycles. The van der Waals surface area contributed by atoms with Crippen LogP contribution >= 0.6 is 0 Å². The monoisotopic (exact) mass is 394 g/mol. The Morgan fingerprint density at radius 1 is 0.759 bits per heavy atom. The summed E-state index contributed by atoms with van der Waals surface area (Å²) in [5, 5.41) is 6.95. The van der Waals surface area contributed by atoms with Gasteiger partial charge in [0, 0.05) is 16.8 Å². The molecular weight excluding hydrogens is 377 g/mol. The van der Waals surface area contributed by atoms with Gasteiger partial charge in [-0.25, -0.2) is 4.98 Å². The quantitative estimate of drug-likeness (QED) is 0.418. The molecule has 0 aliphatic carbocycles. The molecule has 7 heteroatoms. The van der Waals surface area contributed by atoms with E-state index < -0.39 is 11.7 Å². The fourth-order valence-corrected chi connectivity index (χ4v) is 2.90. The number of hydrogen-bond acceptors (Lipinski definition) is 4. The van der Waals surface area contributed by atoms with Crippen LogP contribution in [0.4, 0.5) is 36.3 Å². The van der Waals surface area contributed by atoms with Crippen molar-refractivity contribution in [3.63, 3.8) is 0 Å². The molecule has 0 aliphatic heterocycles. The van der Waals surface area contributed by atoms with Crippen molar-refractivity contribution in [2.45, 2.75) is 13.1 Å². The van der Waals surface area contributed by atoms with Gasteiger partial charge in [-0.15, -0.1) is 0 Å². The largest absolute Gasteiger partial charge is 0.416 e. The van der Waals surface area contributed by atoms with Crippen molar-refractivity contribution >= 4 is 34.0 Å². The van der Waals surface area contributed by atoms with Crippen LogP contribution in [0.3, 0.4) is 0 Å². The van der Waals surface area contributed by atoms with Gasteiger partial charge in [-0.1, -0.05) is 35.9 Å². The molecule has 0 bridgehead atoms. The van der Waals surface area contributed by atoms with Crippen LogP contribution in [0.2, 0.25) is 0 Å². The topological polar surface area (TPSA) is 49.8 Å². The van der Waals surface area contributed by atoms with Crippen LogP contribution in [-0.4, -0.2) is 9.97 Å². The highest BCUT2D eigenvalue weighted by Gasteiger charge is 2.30. The normalized spacial score (nSPS) is 11.4. The van der Waals surface area contributed by atoms with E-state index in [9.17, 15) is 13.2 Å². The second-order valence-electron chi connectivity index (χ2n) is 6.61. The van der Waals surface area contributed by atoms with E-state index in [-0.39, 0.29) is 11.6 Å². The summed E-state index contributed by atoms with van der Waals surface area (Å²) in [7, 11) is 0. The van der Waals surface area contributed by atoms with E-state index in [2.05, 4.69) is 20.6 Å². The fourth-order valence-electron chi connectivity index (χ4n) is 2.90. The number of hydrogen-bond donors (Lipinski definition) is 2. The Hall–Kier alpha value is -3.61. The van der Waals surface area contributed by atoms with Gasteiger partial charge >= 0.3 is 6.18 Å². The molecule has 0 amide bonds. The van der Waals surface area contributed by atoms with Gasteiger partial charge in [-0.3, -0.25) is 0 Å². The van der Waals surface area contributed by atoms with Crippen LogP contribution in [0, 0.1) is 6.92 Å². The summed E-state index contributed by atoms with van der Waals surface area (Å²) in [6, 6.07) is 20.2. The van der Waals surface area contributed by atoms with E-state index >= 15 is 0 Å². The number of halogens is 3. The maximum absolute atomic E-state index is 13.0. The number of benzene rings is 3. The lowest BCUT2D eigenvalue weighted by Crippen LogP contribution is -2.06. The summed E-state index contributed by atoms with van der Waals surface area (Å²) in [6.45, 7) is 2.00. The van der Waals surface area contributed by atoms with Gasteiger partial charge in [0.05, 0.1) is 11.1 Å². The molecule has 29 heavy (non-hydrogen) atoms. The Kier molecular flexibility index (Phi) is 4.80. The van der Waals surface area contributed by atoms with E-state index in [1.807, 2.05) is 55.5 Å². The highest BCUT2D eigenvalue weighted by molar-refractivity contribution is 5.92. The van der Waals surface area contributed by atoms with Crippen LogP contribution in [0.15, 0.2) is 72.8 Å². The molecule has 3 aromatic carbocycles. The number of aromatic nitrogens is 2. The molecule has 0 radical (unpaired) electrons. The molecule has 2 N–H and O–H groups in total. The number of anilines is 4. The van der Waals surface area contributed by atoms with Gasteiger partial charge in [0.2, 0.25) is 5.95 Å². The third-order valence-electron chi connectivity index (χ3n) is 4.36. The minimum absolute atomic E-state index is 0.206. The predicted molar refractivity (Wildman–Crippen MR) is 109 cm³/mol. The lowest BCUT2D eigenvalue weighted by Gasteiger charge is -2.13. The van der Waals surface area contributed by atoms with Crippen LogP contribution in [0.1, 0.15) is 11.1 Å². The molecular formula is C22H17F3N4. The molecule has 0 aliphatic rings. The lowest BCUT2D eigenvalue weighted by atomic mass is 10.2. The molecule has 4 aromatic rings. The minimum atomic E-state index is -4.42. The van der Waals surface area contributed by atoms with E-state index in [0.717, 1.165) is 28.8 Å². The molecule has 0 saturated carbocycles. The molecule has 0 unspecified atom stereocenters. The van der Waals surface area contributed by atoms with Crippen molar-refractivity contribution in [3.8, 4) is 0 Å². The van der Waals surface area contributed by atoms with E-state index in [1.165, 1.54) is 6.07 Å². The number of fused-ring (bicyclic) bond motifs is 1. The van der Waals surface area contributed by atoms with Gasteiger partial charge in [-0.2, -0.15) is 18.2 Å². The van der Waals surface area contributed by atoms with E-state index in [4.69, 9.17) is 0 Å². The highest BCUT2D eigenvalue weighted by Crippen LogP contribution is 2.32. The first-order valence-electron chi connectivity index (χ1n) is 8.93. The Balaban J connectivity index is 1.71. The molecule has 146 valence electrons. The van der Waals surface area contributed by atoms with Crippen LogP contribution in [-0.2, 0) is 6.18 Å². The average molecular weight is 394 g/mol. The average Bonchev–Trinajstić information content (AvgIpc) is 2.69. The van der Waals surface area contributed by atoms with Crippen LogP contribution in [0.25, 0.3) is 10.9 Å². The van der Waals surface area contributed by atoms with Gasteiger partial charge in [0.1, 0.15) is 5.82 Å². The van der Waals surface area contributed by atoms with Crippen molar-refractivity contribution in [2.24, 2.45) is 0 Å². The number of rotatable bonds is 4. The second kappa shape index (κ2) is 7.43. The van der Waals surface area contributed by atoms with Crippen LogP contribution < -0.4 is 10.6 Å². The molecule has 0 atom stereocenters. The third kappa shape index (κ3) is 4.29. The maximum atomic E-state index is 13.0. The van der Waals surface area contributed by atoms with Crippen LogP contribution in [0.5, 0.6) is 0 Å². The first-order valence-corrected chi connectivity index (χ1v) is 8.93. The number of nitrogens with one attached hydrogen (secondary N) is 2. The first-order chi connectivity index (χ1) is 13.9. The van der Waals surface area contributed by atoms with Crippen molar-refractivity contribution in [2.75, 3.05) is 10.6 Å². The van der Waals surface area contributed by atoms with Crippen molar-refractivity contribution in [3.05, 3.63) is 83.9 Å². The van der Waals surface area contributed by atoms with Crippen molar-refractivity contribution < 1.29 is 13.2 Å². The summed E-state index contributed by atoms with van der Waals surface area (Å²) in [5.41, 5.74) is 2.18. The summed E-state index contributed by atoms with van der Waals surface area (Å²) < 4.78 is 38.9. The van der Waals surface area contributed by atoms with E-state index in [1.54, 1.807) is 6.07 Å². The van der Waals surface area contributed by atoms with Gasteiger partial charge in [-0.05, 0) is 49.4 Å². The van der Waals surface area contributed by atoms with Gasteiger partial charge in [0.25, 0.3) is 0 Å². The predicted octanol–water partition coefficient (Wildman–Crippen LogP) is 6.44. The van der Waals surface area contributed by atoms with Gasteiger partial charge < -0.3 is 10.6 Å². The zero-order valence-corrected chi connectivity index (χ0v) is 15.5. The minimum Gasteiger partial charge on any atom is -0.340 e. The van der Waals surface area contributed by atoms with E-state index in [0.29, 0.717) is 11.3 Å². The Morgan fingerprint density at radius 2 is 1.52 bits per heavy atom. The number of aryl methyl sites for hydroxylation is 1. The van der Waals surface area contributed by atoms with Gasteiger partial charge in [0.15, 0.2) is 0 Å². The molecule has 4 rings (SSSR count). The highest BCUT2D eigenvalue weighted by atomic mass is 19.4. The SMILES string of the molecule is Cc1ccc(Nc2nc(Nc3cccc(C(F)(F)F)c3)nc3ccccc23)cc1. The Labute approximate surface area is 165 Å². The molecule has 4 nitrogen and oxygen atoms in total. The van der Waals surface area contributed by atoms with Crippen molar-refractivity contribution in [1.29, 1.82) is 0 Å². The smallest absolute Gasteiger partial charge is 0.340 e. The fraction of sp³-hybridized carbons (Fsp3) is 0.0909. The number of alkyl halides is 3. The zero-order chi connectivity index (χ0) is 20.4. The lowest BCUT2D eigenvalue weighted by molar-refractivity contribution is -0.137. The molecule has 0 fully saturated rings. The molecule has 0 saturated heterocycles. The Morgan fingerprint density at radius 3 is 2.28 bits per heavy atom. The summed E-state index contributed by atoms with van der Waals surface area (Å²) in [4.78, 5) is 8.93. The Bertz CT molecular complexity index is 1150. The molecule has 1 aromatic heterocycles. The first kappa shape index (κ1) is 18.7. The standard InChI is InChI=1S/C22H17F3N4/c1-14-9-11-16(12-10-14)26-20-18-7-2-3-8-19(18)28-21(29-20)27-17-6-4-5-15(13-17)22(23,24)25/h2-13H,1H3,(H2,26,27,28,29). The zero-order valence-electron chi connectivity index (χ0n) is 15.5.